The van der Waals surface area contributed by atoms with Crippen molar-refractivity contribution in [3.63, 3.8) is 0 Å². The molecule has 0 atom stereocenters. The molecule has 1 N–H and O–H groups in total. The predicted molar refractivity (Wildman–Crippen MR) is 128 cm³/mol. The predicted octanol–water partition coefficient (Wildman–Crippen LogP) is 0.780. The van der Waals surface area contributed by atoms with E-state index in [4.69, 9.17) is 17.2 Å². The van der Waals surface area contributed by atoms with Gasteiger partial charge in [0, 0.05) is 46.3 Å². The van der Waals surface area contributed by atoms with E-state index in [1.54, 1.807) is 19.2 Å². The van der Waals surface area contributed by atoms with Crippen molar-refractivity contribution in [2.75, 3.05) is 31.1 Å². The van der Waals surface area contributed by atoms with E-state index in [2.05, 4.69) is 15.1 Å². The van der Waals surface area contributed by atoms with Crippen LogP contribution in [0.15, 0.2) is 33.9 Å². The summed E-state index contributed by atoms with van der Waals surface area (Å²) in [5.74, 6) is 0.299. The fourth-order valence-corrected chi connectivity index (χ4v) is 4.55. The molecule has 1 aliphatic heterocycles. The van der Waals surface area contributed by atoms with Gasteiger partial charge in [0.25, 0.3) is 5.56 Å². The summed E-state index contributed by atoms with van der Waals surface area (Å²) in [5.41, 5.74) is 0.705. The number of nitrogens with zero attached hydrogens (tertiary/aromatic N) is 6. The van der Waals surface area contributed by atoms with E-state index in [0.29, 0.717) is 42.8 Å². The van der Waals surface area contributed by atoms with Crippen molar-refractivity contribution in [3.8, 4) is 0 Å². The summed E-state index contributed by atoms with van der Waals surface area (Å²) in [6.45, 7) is 3.15. The van der Waals surface area contributed by atoms with Gasteiger partial charge in [0.2, 0.25) is 5.95 Å². The van der Waals surface area contributed by atoms with Gasteiger partial charge < -0.3 is 15.1 Å². The van der Waals surface area contributed by atoms with Crippen molar-refractivity contribution in [3.05, 3.63) is 56.5 Å². The molecule has 3 aromatic rings. The lowest BCUT2D eigenvalue weighted by molar-refractivity contribution is 0.376. The maximum absolute atomic E-state index is 13.4. The Bertz CT molecular complexity index is 1330. The van der Waals surface area contributed by atoms with Gasteiger partial charge in [-0.15, -0.1) is 0 Å². The minimum absolute atomic E-state index is 0.320. The molecule has 2 aromatic heterocycles. The van der Waals surface area contributed by atoms with Crippen molar-refractivity contribution in [2.45, 2.75) is 25.4 Å². The molecular formula is C22H26FN7O2S. The Morgan fingerprint density at radius 3 is 2.39 bits per heavy atom. The molecule has 174 valence electrons. The SMILES string of the molecule is Cn1c(=O)c2c(nc(N3CCN(C(=S)NC4CC4)CC3)n2Cc2ccc(F)cc2)n(C)c1=O. The highest BCUT2D eigenvalue weighted by Crippen LogP contribution is 2.23. The molecular weight excluding hydrogens is 445 g/mol. The van der Waals surface area contributed by atoms with Crippen LogP contribution < -0.4 is 21.5 Å². The number of aryl methyl sites for hydroxylation is 1. The van der Waals surface area contributed by atoms with Gasteiger partial charge in [-0.1, -0.05) is 12.1 Å². The lowest BCUT2D eigenvalue weighted by atomic mass is 10.2. The quantitative estimate of drug-likeness (QED) is 0.564. The van der Waals surface area contributed by atoms with Crippen LogP contribution in [0.1, 0.15) is 18.4 Å². The van der Waals surface area contributed by atoms with Gasteiger partial charge in [-0.05, 0) is 42.8 Å². The fraction of sp³-hybridized carbons (Fsp3) is 0.455. The molecule has 1 saturated carbocycles. The number of fused-ring (bicyclic) bond motifs is 1. The molecule has 0 bridgehead atoms. The van der Waals surface area contributed by atoms with Crippen LogP contribution in [0.5, 0.6) is 0 Å². The Labute approximate surface area is 195 Å². The number of anilines is 1. The van der Waals surface area contributed by atoms with Gasteiger partial charge in [-0.25, -0.2) is 9.18 Å². The highest BCUT2D eigenvalue weighted by atomic mass is 32.1. The zero-order valence-corrected chi connectivity index (χ0v) is 19.4. The number of halogens is 1. The molecule has 1 aromatic carbocycles. The molecule has 33 heavy (non-hydrogen) atoms. The van der Waals surface area contributed by atoms with Gasteiger partial charge >= 0.3 is 5.69 Å². The van der Waals surface area contributed by atoms with Crippen LogP contribution in [-0.4, -0.2) is 60.9 Å². The molecule has 9 nitrogen and oxygen atoms in total. The van der Waals surface area contributed by atoms with Crippen molar-refractivity contribution < 1.29 is 4.39 Å². The van der Waals surface area contributed by atoms with Crippen LogP contribution in [0.2, 0.25) is 0 Å². The van der Waals surface area contributed by atoms with Crippen LogP contribution >= 0.6 is 12.2 Å². The zero-order valence-electron chi connectivity index (χ0n) is 18.6. The van der Waals surface area contributed by atoms with Gasteiger partial charge in [0.05, 0.1) is 6.54 Å². The number of rotatable bonds is 4. The number of hydrogen-bond acceptors (Lipinski definition) is 5. The second-order valence-corrected chi connectivity index (χ2v) is 9.09. The van der Waals surface area contributed by atoms with E-state index in [1.165, 1.54) is 36.6 Å². The Hall–Kier alpha value is -3.21. The molecule has 0 spiro atoms. The Morgan fingerprint density at radius 1 is 1.09 bits per heavy atom. The van der Waals surface area contributed by atoms with Crippen molar-refractivity contribution >= 4 is 34.4 Å². The Balaban J connectivity index is 1.52. The number of nitrogens with one attached hydrogen (secondary N) is 1. The summed E-state index contributed by atoms with van der Waals surface area (Å²) in [4.78, 5) is 34.6. The number of thiocarbonyl (C=S) groups is 1. The van der Waals surface area contributed by atoms with E-state index in [9.17, 15) is 14.0 Å². The van der Waals surface area contributed by atoms with Crippen LogP contribution in [0.4, 0.5) is 10.3 Å². The minimum Gasteiger partial charge on any atom is -0.360 e. The van der Waals surface area contributed by atoms with E-state index in [1.807, 2.05) is 4.57 Å². The zero-order chi connectivity index (χ0) is 23.3. The number of imidazole rings is 1. The monoisotopic (exact) mass is 471 g/mol. The average Bonchev–Trinajstić information content (AvgIpc) is 3.56. The maximum atomic E-state index is 13.4. The van der Waals surface area contributed by atoms with E-state index >= 15 is 0 Å². The lowest BCUT2D eigenvalue weighted by Crippen LogP contribution is -2.52. The standard InChI is InChI=1S/C22H26FN7O2S/c1-26-18-17(19(31)27(2)22(26)32)30(13-14-3-5-15(23)6-4-14)20(25-18)28-9-11-29(12-10-28)21(33)24-16-7-8-16/h3-6,16H,7-13H2,1-2H3,(H,24,33). The normalized spacial score (nSPS) is 16.5. The summed E-state index contributed by atoms with van der Waals surface area (Å²) in [6.07, 6.45) is 2.34. The maximum Gasteiger partial charge on any atom is 0.332 e. The first kappa shape index (κ1) is 21.6. The second-order valence-electron chi connectivity index (χ2n) is 8.70. The first-order valence-electron chi connectivity index (χ1n) is 11.0. The third-order valence-corrected chi connectivity index (χ3v) is 6.71. The molecule has 0 amide bonds. The molecule has 0 unspecified atom stereocenters. The summed E-state index contributed by atoms with van der Waals surface area (Å²) in [5, 5.41) is 4.17. The lowest BCUT2D eigenvalue weighted by Gasteiger charge is -2.36. The van der Waals surface area contributed by atoms with Gasteiger partial charge in [-0.2, -0.15) is 4.98 Å². The van der Waals surface area contributed by atoms with Crippen LogP contribution in [0, 0.1) is 5.82 Å². The number of piperazine rings is 1. The highest BCUT2D eigenvalue weighted by molar-refractivity contribution is 7.80. The Kier molecular flexibility index (Phi) is 5.43. The third kappa shape index (κ3) is 4.01. The van der Waals surface area contributed by atoms with Gasteiger partial charge in [0.1, 0.15) is 5.82 Å². The van der Waals surface area contributed by atoms with Gasteiger partial charge in [-0.3, -0.25) is 18.5 Å². The van der Waals surface area contributed by atoms with Crippen LogP contribution in [0.3, 0.4) is 0 Å². The Morgan fingerprint density at radius 2 is 1.76 bits per heavy atom. The fourth-order valence-electron chi connectivity index (χ4n) is 4.20. The molecule has 2 fully saturated rings. The molecule has 1 aliphatic carbocycles. The first-order valence-corrected chi connectivity index (χ1v) is 11.5. The van der Waals surface area contributed by atoms with Crippen molar-refractivity contribution in [2.24, 2.45) is 14.1 Å². The molecule has 0 radical (unpaired) electrons. The molecule has 5 rings (SSSR count). The number of aromatic nitrogens is 4. The largest absolute Gasteiger partial charge is 0.360 e. The number of benzene rings is 1. The van der Waals surface area contributed by atoms with Crippen LogP contribution in [0.25, 0.3) is 11.2 Å². The molecule has 11 heteroatoms. The van der Waals surface area contributed by atoms with Crippen molar-refractivity contribution in [1.82, 2.24) is 28.9 Å². The smallest absolute Gasteiger partial charge is 0.332 e. The summed E-state index contributed by atoms with van der Waals surface area (Å²) >= 11 is 5.55. The highest BCUT2D eigenvalue weighted by Gasteiger charge is 2.28. The summed E-state index contributed by atoms with van der Waals surface area (Å²) in [7, 11) is 3.08. The van der Waals surface area contributed by atoms with E-state index < -0.39 is 11.2 Å². The van der Waals surface area contributed by atoms with E-state index in [-0.39, 0.29) is 5.82 Å². The first-order chi connectivity index (χ1) is 15.8. The third-order valence-electron chi connectivity index (χ3n) is 6.34. The van der Waals surface area contributed by atoms with Gasteiger partial charge in [0.15, 0.2) is 16.3 Å². The van der Waals surface area contributed by atoms with Crippen molar-refractivity contribution in [1.29, 1.82) is 0 Å². The average molecular weight is 472 g/mol. The summed E-state index contributed by atoms with van der Waals surface area (Å²) < 4.78 is 17.8. The number of hydrogen-bond donors (Lipinski definition) is 1. The van der Waals surface area contributed by atoms with Crippen LogP contribution in [-0.2, 0) is 20.6 Å². The molecule has 2 aliphatic rings. The summed E-state index contributed by atoms with van der Waals surface area (Å²) in [6, 6.07) is 6.69. The topological polar surface area (TPSA) is 80.3 Å². The molecule has 3 heterocycles. The minimum atomic E-state index is -0.424. The molecule has 1 saturated heterocycles. The van der Waals surface area contributed by atoms with E-state index in [0.717, 1.165) is 28.3 Å². The second kappa shape index (κ2) is 8.29.